The summed E-state index contributed by atoms with van der Waals surface area (Å²) < 4.78 is 0. The van der Waals surface area contributed by atoms with E-state index in [9.17, 15) is 4.79 Å². The molecular formula is C14H22N2O. The minimum absolute atomic E-state index is 0.111. The average Bonchev–Trinajstić information content (AvgIpc) is 2.29. The Kier molecular flexibility index (Phi) is 5.53. The predicted octanol–water partition coefficient (Wildman–Crippen LogP) is 2.57. The van der Waals surface area contributed by atoms with Crippen LogP contribution in [0.4, 0.5) is 5.69 Å². The highest BCUT2D eigenvalue weighted by atomic mass is 16.1. The lowest BCUT2D eigenvalue weighted by Crippen LogP contribution is -2.28. The number of hydrogen-bond donors (Lipinski definition) is 2. The highest BCUT2D eigenvalue weighted by Gasteiger charge is 2.02. The van der Waals surface area contributed by atoms with Crippen LogP contribution in [0.2, 0.25) is 0 Å². The van der Waals surface area contributed by atoms with E-state index in [1.165, 1.54) is 5.56 Å². The van der Waals surface area contributed by atoms with Gasteiger partial charge in [-0.2, -0.15) is 0 Å². The van der Waals surface area contributed by atoms with Crippen LogP contribution in [-0.2, 0) is 4.79 Å². The summed E-state index contributed by atoms with van der Waals surface area (Å²) in [4.78, 5) is 11.5. The van der Waals surface area contributed by atoms with Crippen molar-refractivity contribution in [2.75, 3.05) is 18.4 Å². The van der Waals surface area contributed by atoms with Gasteiger partial charge in [0.2, 0.25) is 5.91 Å². The second kappa shape index (κ2) is 6.94. The van der Waals surface area contributed by atoms with E-state index in [2.05, 4.69) is 37.5 Å². The Bertz CT molecular complexity index is 361. The van der Waals surface area contributed by atoms with Gasteiger partial charge in [0, 0.05) is 25.2 Å². The molecule has 3 heteroatoms. The average molecular weight is 234 g/mol. The van der Waals surface area contributed by atoms with E-state index in [0.29, 0.717) is 18.9 Å². The summed E-state index contributed by atoms with van der Waals surface area (Å²) in [7, 11) is 0. The molecule has 0 aliphatic carbocycles. The highest BCUT2D eigenvalue weighted by Crippen LogP contribution is 2.12. The number of nitrogens with one attached hydrogen (secondary N) is 2. The van der Waals surface area contributed by atoms with Gasteiger partial charge in [-0.1, -0.05) is 32.0 Å². The van der Waals surface area contributed by atoms with Crippen LogP contribution in [0.15, 0.2) is 24.3 Å². The van der Waals surface area contributed by atoms with Crippen molar-refractivity contribution in [1.82, 2.24) is 5.32 Å². The monoisotopic (exact) mass is 234 g/mol. The summed E-state index contributed by atoms with van der Waals surface area (Å²) >= 11 is 0. The maximum absolute atomic E-state index is 11.5. The third-order valence-electron chi connectivity index (χ3n) is 2.52. The first kappa shape index (κ1) is 13.6. The normalized spacial score (nSPS) is 10.4. The van der Waals surface area contributed by atoms with Gasteiger partial charge in [-0.3, -0.25) is 4.79 Å². The number of rotatable bonds is 6. The standard InChI is InChI=1S/C14H22N2O/c1-11(2)10-16-14(17)8-9-15-13-7-5-4-6-12(13)3/h4-7,11,15H,8-10H2,1-3H3,(H,16,17). The third-order valence-corrected chi connectivity index (χ3v) is 2.52. The summed E-state index contributed by atoms with van der Waals surface area (Å²) in [6, 6.07) is 8.09. The van der Waals surface area contributed by atoms with Crippen molar-refractivity contribution < 1.29 is 4.79 Å². The lowest BCUT2D eigenvalue weighted by molar-refractivity contribution is -0.120. The van der Waals surface area contributed by atoms with Crippen LogP contribution >= 0.6 is 0 Å². The van der Waals surface area contributed by atoms with Crippen LogP contribution < -0.4 is 10.6 Å². The number of anilines is 1. The third kappa shape index (κ3) is 5.38. The minimum atomic E-state index is 0.111. The van der Waals surface area contributed by atoms with Crippen LogP contribution in [0.3, 0.4) is 0 Å². The van der Waals surface area contributed by atoms with Gasteiger partial charge in [-0.15, -0.1) is 0 Å². The molecule has 94 valence electrons. The number of amides is 1. The molecule has 0 bridgehead atoms. The molecule has 1 amide bonds. The van der Waals surface area contributed by atoms with Crippen molar-refractivity contribution >= 4 is 11.6 Å². The molecule has 3 nitrogen and oxygen atoms in total. The molecule has 0 aromatic heterocycles. The van der Waals surface area contributed by atoms with Crippen molar-refractivity contribution in [1.29, 1.82) is 0 Å². The van der Waals surface area contributed by atoms with Crippen LogP contribution in [0.1, 0.15) is 25.8 Å². The molecule has 2 N–H and O–H groups in total. The molecule has 0 aliphatic heterocycles. The lowest BCUT2D eigenvalue weighted by atomic mass is 10.2. The van der Waals surface area contributed by atoms with Crippen molar-refractivity contribution in [3.63, 3.8) is 0 Å². The Balaban J connectivity index is 2.24. The van der Waals surface area contributed by atoms with Gasteiger partial charge >= 0.3 is 0 Å². The Hall–Kier alpha value is -1.51. The summed E-state index contributed by atoms with van der Waals surface area (Å²) in [5, 5.41) is 6.17. The number of benzene rings is 1. The topological polar surface area (TPSA) is 41.1 Å². The van der Waals surface area contributed by atoms with Gasteiger partial charge < -0.3 is 10.6 Å². The second-order valence-corrected chi connectivity index (χ2v) is 4.69. The Labute approximate surface area is 104 Å². The number of para-hydroxylation sites is 1. The minimum Gasteiger partial charge on any atom is -0.384 e. The highest BCUT2D eigenvalue weighted by molar-refractivity contribution is 5.76. The zero-order valence-electron chi connectivity index (χ0n) is 10.9. The molecule has 0 atom stereocenters. The maximum atomic E-state index is 11.5. The molecular weight excluding hydrogens is 212 g/mol. The molecule has 0 saturated heterocycles. The molecule has 0 aliphatic rings. The number of hydrogen-bond acceptors (Lipinski definition) is 2. The first-order valence-corrected chi connectivity index (χ1v) is 6.16. The van der Waals surface area contributed by atoms with Gasteiger partial charge in [0.1, 0.15) is 0 Å². The zero-order chi connectivity index (χ0) is 12.7. The number of aryl methyl sites for hydroxylation is 1. The van der Waals surface area contributed by atoms with Crippen LogP contribution in [-0.4, -0.2) is 19.0 Å². The molecule has 0 unspecified atom stereocenters. The molecule has 0 saturated carbocycles. The fourth-order valence-corrected chi connectivity index (χ4v) is 1.49. The van der Waals surface area contributed by atoms with E-state index in [-0.39, 0.29) is 5.91 Å². The summed E-state index contributed by atoms with van der Waals surface area (Å²) in [6.45, 7) is 7.66. The molecule has 1 aromatic carbocycles. The van der Waals surface area contributed by atoms with E-state index in [1.54, 1.807) is 0 Å². The second-order valence-electron chi connectivity index (χ2n) is 4.69. The fraction of sp³-hybridized carbons (Fsp3) is 0.500. The Morgan fingerprint density at radius 2 is 2.00 bits per heavy atom. The zero-order valence-corrected chi connectivity index (χ0v) is 10.9. The Morgan fingerprint density at radius 3 is 2.65 bits per heavy atom. The lowest BCUT2D eigenvalue weighted by Gasteiger charge is -2.10. The van der Waals surface area contributed by atoms with Crippen molar-refractivity contribution in [2.45, 2.75) is 27.2 Å². The molecule has 1 aromatic rings. The van der Waals surface area contributed by atoms with Gasteiger partial charge in [0.05, 0.1) is 0 Å². The van der Waals surface area contributed by atoms with Crippen LogP contribution in [0, 0.1) is 12.8 Å². The fourth-order valence-electron chi connectivity index (χ4n) is 1.49. The van der Waals surface area contributed by atoms with Crippen LogP contribution in [0.5, 0.6) is 0 Å². The first-order chi connectivity index (χ1) is 8.09. The summed E-state index contributed by atoms with van der Waals surface area (Å²) in [5.74, 6) is 0.614. The number of carbonyl (C=O) groups is 1. The quantitative estimate of drug-likeness (QED) is 0.794. The smallest absolute Gasteiger partial charge is 0.221 e. The van der Waals surface area contributed by atoms with Crippen molar-refractivity contribution in [3.05, 3.63) is 29.8 Å². The summed E-state index contributed by atoms with van der Waals surface area (Å²) in [5.41, 5.74) is 2.30. The van der Waals surface area contributed by atoms with Gasteiger partial charge in [0.15, 0.2) is 0 Å². The van der Waals surface area contributed by atoms with Crippen molar-refractivity contribution in [2.24, 2.45) is 5.92 Å². The molecule has 1 rings (SSSR count). The van der Waals surface area contributed by atoms with E-state index >= 15 is 0 Å². The predicted molar refractivity (Wildman–Crippen MR) is 72.1 cm³/mol. The summed E-state index contributed by atoms with van der Waals surface area (Å²) in [6.07, 6.45) is 0.515. The number of carbonyl (C=O) groups excluding carboxylic acids is 1. The van der Waals surface area contributed by atoms with Gasteiger partial charge in [-0.05, 0) is 24.5 Å². The molecule has 0 heterocycles. The van der Waals surface area contributed by atoms with Gasteiger partial charge in [0.25, 0.3) is 0 Å². The van der Waals surface area contributed by atoms with E-state index in [1.807, 2.05) is 18.2 Å². The first-order valence-electron chi connectivity index (χ1n) is 6.16. The maximum Gasteiger partial charge on any atom is 0.221 e. The van der Waals surface area contributed by atoms with Crippen molar-refractivity contribution in [3.8, 4) is 0 Å². The van der Waals surface area contributed by atoms with E-state index in [0.717, 1.165) is 12.2 Å². The SMILES string of the molecule is Cc1ccccc1NCCC(=O)NCC(C)C. The Morgan fingerprint density at radius 1 is 1.29 bits per heavy atom. The largest absolute Gasteiger partial charge is 0.384 e. The molecule has 0 fully saturated rings. The molecule has 17 heavy (non-hydrogen) atoms. The van der Waals surface area contributed by atoms with Crippen LogP contribution in [0.25, 0.3) is 0 Å². The molecule has 0 radical (unpaired) electrons. The van der Waals surface area contributed by atoms with E-state index in [4.69, 9.17) is 0 Å². The molecule has 0 spiro atoms. The van der Waals surface area contributed by atoms with E-state index < -0.39 is 0 Å². The van der Waals surface area contributed by atoms with Gasteiger partial charge in [-0.25, -0.2) is 0 Å².